The van der Waals surface area contributed by atoms with Gasteiger partial charge in [0, 0.05) is 34.7 Å². The number of benzene rings is 1. The molecule has 13 heteroatoms. The molecule has 1 aromatic carbocycles. The van der Waals surface area contributed by atoms with E-state index in [0.29, 0.717) is 33.9 Å². The number of hydrogen-bond donors (Lipinski definition) is 3. The van der Waals surface area contributed by atoms with E-state index in [-0.39, 0.29) is 24.3 Å². The Morgan fingerprint density at radius 1 is 1.32 bits per heavy atom. The highest BCUT2D eigenvalue weighted by Crippen LogP contribution is 2.31. The molecule has 3 N–H and O–H groups in total. The smallest absolute Gasteiger partial charge is 0.435 e. The number of ether oxygens (including phenoxy) is 2. The number of carbonyl (C=O) groups excluding carboxylic acids is 2. The van der Waals surface area contributed by atoms with Crippen molar-refractivity contribution in [3.63, 3.8) is 0 Å². The summed E-state index contributed by atoms with van der Waals surface area (Å²) in [6, 6.07) is 6.19. The molecule has 5 rings (SSSR count). The fourth-order valence-corrected chi connectivity index (χ4v) is 4.04. The fourth-order valence-electron chi connectivity index (χ4n) is 3.87. The van der Waals surface area contributed by atoms with Crippen molar-refractivity contribution in [2.45, 2.75) is 38.5 Å². The third-order valence-corrected chi connectivity index (χ3v) is 6.07. The zero-order chi connectivity index (χ0) is 26.1. The molecule has 2 aromatic heterocycles. The number of carbonyl (C=O) groups is 2. The van der Waals surface area contributed by atoms with E-state index in [0.717, 1.165) is 17.7 Å². The minimum Gasteiger partial charge on any atom is -0.435 e. The summed E-state index contributed by atoms with van der Waals surface area (Å²) < 4.78 is 25.5. The molecular formula is C24H24ClFN6O5. The minimum absolute atomic E-state index is 0.0151. The van der Waals surface area contributed by atoms with E-state index in [1.165, 1.54) is 18.2 Å². The lowest BCUT2D eigenvalue weighted by atomic mass is 10.1. The summed E-state index contributed by atoms with van der Waals surface area (Å²) in [5.41, 5.74) is 1.37. The Balaban J connectivity index is 1.45. The van der Waals surface area contributed by atoms with Gasteiger partial charge in [0.1, 0.15) is 23.7 Å². The van der Waals surface area contributed by atoms with Crippen molar-refractivity contribution in [1.29, 1.82) is 0 Å². The van der Waals surface area contributed by atoms with Crippen LogP contribution < -0.4 is 10.6 Å². The van der Waals surface area contributed by atoms with Crippen molar-refractivity contribution < 1.29 is 28.6 Å². The quantitative estimate of drug-likeness (QED) is 0.293. The first-order chi connectivity index (χ1) is 17.8. The monoisotopic (exact) mass is 530 g/mol. The van der Waals surface area contributed by atoms with Gasteiger partial charge in [-0.3, -0.25) is 9.69 Å². The van der Waals surface area contributed by atoms with E-state index >= 15 is 0 Å². The number of amides is 1. The molecule has 0 bridgehead atoms. The summed E-state index contributed by atoms with van der Waals surface area (Å²) in [4.78, 5) is 30.0. The molecule has 1 atom stereocenters. The molecule has 1 aliphatic heterocycles. The molecule has 1 amide bonds. The van der Waals surface area contributed by atoms with Crippen LogP contribution in [0.5, 0.6) is 0 Å². The minimum atomic E-state index is -1.17. The summed E-state index contributed by atoms with van der Waals surface area (Å²) in [5.74, 6) is 0.000550. The van der Waals surface area contributed by atoms with Gasteiger partial charge in [0.25, 0.3) is 5.91 Å². The second-order valence-corrected chi connectivity index (χ2v) is 9.05. The Morgan fingerprint density at radius 3 is 2.89 bits per heavy atom. The number of anilines is 3. The van der Waals surface area contributed by atoms with Gasteiger partial charge >= 0.3 is 6.16 Å². The summed E-state index contributed by atoms with van der Waals surface area (Å²) in [6.07, 6.45) is 3.08. The molecule has 0 radical (unpaired) electrons. The molecule has 0 spiro atoms. The van der Waals surface area contributed by atoms with Crippen molar-refractivity contribution >= 4 is 52.7 Å². The molecule has 1 saturated heterocycles. The molecule has 1 aliphatic carbocycles. The summed E-state index contributed by atoms with van der Waals surface area (Å²) in [6.45, 7) is 1.30. The summed E-state index contributed by atoms with van der Waals surface area (Å²) in [5, 5.41) is 21.5. The van der Waals surface area contributed by atoms with Crippen LogP contribution in [-0.4, -0.2) is 62.3 Å². The lowest BCUT2D eigenvalue weighted by Gasteiger charge is -2.18. The van der Waals surface area contributed by atoms with E-state index in [1.54, 1.807) is 29.8 Å². The van der Waals surface area contributed by atoms with Gasteiger partial charge in [0.15, 0.2) is 12.4 Å². The molecule has 37 heavy (non-hydrogen) atoms. The maximum atomic E-state index is 14.4. The van der Waals surface area contributed by atoms with E-state index in [9.17, 15) is 19.1 Å². The fraction of sp³-hybridized carbons (Fsp3) is 0.333. The Morgan fingerprint density at radius 2 is 2.14 bits per heavy atom. The van der Waals surface area contributed by atoms with Crippen LogP contribution in [0.15, 0.2) is 36.0 Å². The van der Waals surface area contributed by atoms with Crippen molar-refractivity contribution in [3.05, 3.63) is 52.4 Å². The molecule has 2 fully saturated rings. The van der Waals surface area contributed by atoms with Gasteiger partial charge in [-0.15, -0.1) is 0 Å². The number of aliphatic hydroxyl groups excluding tert-OH is 1. The van der Waals surface area contributed by atoms with Gasteiger partial charge < -0.3 is 25.2 Å². The number of likely N-dealkylation sites (tertiary alicyclic amines) is 1. The zero-order valence-electron chi connectivity index (χ0n) is 19.8. The van der Waals surface area contributed by atoms with E-state index < -0.39 is 30.8 Å². The third-order valence-electron chi connectivity index (χ3n) is 5.83. The predicted molar refractivity (Wildman–Crippen MR) is 133 cm³/mol. The largest absolute Gasteiger partial charge is 0.509 e. The average Bonchev–Trinajstić information content (AvgIpc) is 3.52. The maximum Gasteiger partial charge on any atom is 0.509 e. The van der Waals surface area contributed by atoms with Crippen molar-refractivity contribution in [2.75, 3.05) is 24.0 Å². The van der Waals surface area contributed by atoms with Gasteiger partial charge in [0.05, 0.1) is 18.5 Å². The first-order valence-electron chi connectivity index (χ1n) is 11.7. The Hall–Kier alpha value is -3.90. The summed E-state index contributed by atoms with van der Waals surface area (Å²) in [7, 11) is 0. The second-order valence-electron chi connectivity index (χ2n) is 8.62. The Kier molecular flexibility index (Phi) is 6.85. The number of halogens is 2. The van der Waals surface area contributed by atoms with E-state index in [1.807, 2.05) is 0 Å². The number of aromatic nitrogens is 3. The molecular weight excluding hydrogens is 507 g/mol. The number of nitrogens with one attached hydrogen (secondary N) is 2. The number of aliphatic hydroxyl groups is 1. The Bertz CT molecular complexity index is 1390. The van der Waals surface area contributed by atoms with Gasteiger partial charge in [-0.1, -0.05) is 11.6 Å². The van der Waals surface area contributed by atoms with Crippen molar-refractivity contribution in [3.8, 4) is 0 Å². The molecule has 3 aromatic rings. The molecule has 2 aliphatic rings. The van der Waals surface area contributed by atoms with Crippen LogP contribution in [0.4, 0.5) is 26.5 Å². The van der Waals surface area contributed by atoms with E-state index in [4.69, 9.17) is 16.3 Å². The number of nitrogens with zero attached hydrogens (tertiary/aromatic N) is 4. The highest BCUT2D eigenvalue weighted by Gasteiger charge is 2.35. The van der Waals surface area contributed by atoms with Gasteiger partial charge in [-0.05, 0) is 44.0 Å². The predicted octanol–water partition coefficient (Wildman–Crippen LogP) is 3.90. The lowest BCUT2D eigenvalue weighted by molar-refractivity contribution is -0.137. The van der Waals surface area contributed by atoms with Crippen molar-refractivity contribution in [1.82, 2.24) is 19.5 Å². The molecule has 194 valence electrons. The molecule has 1 saturated carbocycles. The topological polar surface area (TPSA) is 130 Å². The number of fused-ring (bicyclic) bond motifs is 1. The van der Waals surface area contributed by atoms with Crippen LogP contribution >= 0.6 is 11.6 Å². The lowest BCUT2D eigenvalue weighted by Crippen LogP contribution is -2.36. The number of hydrogen-bond acceptors (Lipinski definition) is 9. The normalized spacial score (nSPS) is 18.5. The maximum absolute atomic E-state index is 14.4. The zero-order valence-corrected chi connectivity index (χ0v) is 20.5. The van der Waals surface area contributed by atoms with Crippen LogP contribution in [0.1, 0.15) is 31.7 Å². The molecule has 1 unspecified atom stereocenters. The molecule has 3 heterocycles. The Labute approximate surface area is 215 Å². The van der Waals surface area contributed by atoms with Crippen LogP contribution in [0, 0.1) is 5.82 Å². The van der Waals surface area contributed by atoms with Crippen LogP contribution in [0.25, 0.3) is 11.7 Å². The average molecular weight is 531 g/mol. The van der Waals surface area contributed by atoms with Gasteiger partial charge in [-0.2, -0.15) is 9.61 Å². The SMILES string of the molecule is CCOC(=O)OCN1C(=O)/C(=C/c2cnn3c(NC4CC4)cc(Nc4cc(Cl)ccc4F)nc23)CC1O. The number of rotatable bonds is 8. The molecule has 11 nitrogen and oxygen atoms in total. The highest BCUT2D eigenvalue weighted by atomic mass is 35.5. The van der Waals surface area contributed by atoms with Crippen LogP contribution in [0.2, 0.25) is 5.02 Å². The second kappa shape index (κ2) is 10.2. The summed E-state index contributed by atoms with van der Waals surface area (Å²) >= 11 is 6.03. The van der Waals surface area contributed by atoms with Crippen LogP contribution in [0.3, 0.4) is 0 Å². The van der Waals surface area contributed by atoms with Crippen molar-refractivity contribution in [2.24, 2.45) is 0 Å². The first kappa shape index (κ1) is 24.8. The van der Waals surface area contributed by atoms with E-state index in [2.05, 4.69) is 25.5 Å². The van der Waals surface area contributed by atoms with Crippen LogP contribution in [-0.2, 0) is 14.3 Å². The highest BCUT2D eigenvalue weighted by molar-refractivity contribution is 6.30. The van der Waals surface area contributed by atoms with Gasteiger partial charge in [0.2, 0.25) is 0 Å². The standard InChI is InChI=1S/C24H24ClFN6O5/c1-2-36-24(35)37-12-31-21(33)8-13(23(31)34)7-14-11-27-32-20(28-16-4-5-16)10-19(30-22(14)32)29-18-9-15(25)3-6-17(18)26/h3,6-7,9-11,16,21,28,33H,2,4-5,8,12H2,1H3,(H,29,30)/b13-7+. The van der Waals surface area contributed by atoms with Gasteiger partial charge in [-0.25, -0.2) is 14.2 Å². The third kappa shape index (κ3) is 5.44. The first-order valence-corrected chi connectivity index (χ1v) is 12.1.